The van der Waals surface area contributed by atoms with Crippen LogP contribution in [0.5, 0.6) is 0 Å². The molecule has 0 spiro atoms. The van der Waals surface area contributed by atoms with Crippen LogP contribution in [0.2, 0.25) is 0 Å². The molecule has 0 aliphatic heterocycles. The number of halogens is 1. The number of hydrogen-bond acceptors (Lipinski definition) is 4. The Bertz CT molecular complexity index is 652. The van der Waals surface area contributed by atoms with Crippen molar-refractivity contribution in [3.63, 3.8) is 0 Å². The maximum absolute atomic E-state index is 11.6. The third-order valence-electron chi connectivity index (χ3n) is 2.12. The second kappa shape index (κ2) is 5.14. The molecule has 0 saturated carbocycles. The predicted octanol–water partition coefficient (Wildman–Crippen LogP) is 2.42. The molecule has 0 atom stereocenters. The molecular formula is C12H9BrN2O3. The van der Waals surface area contributed by atoms with E-state index in [-0.39, 0.29) is 11.6 Å². The summed E-state index contributed by atoms with van der Waals surface area (Å²) in [7, 11) is 0. The number of amides is 1. The van der Waals surface area contributed by atoms with Crippen LogP contribution < -0.4 is 10.9 Å². The van der Waals surface area contributed by atoms with Crippen molar-refractivity contribution in [2.24, 2.45) is 0 Å². The van der Waals surface area contributed by atoms with Gasteiger partial charge in [0.2, 0.25) is 5.91 Å². The second-order valence-electron chi connectivity index (χ2n) is 3.57. The van der Waals surface area contributed by atoms with E-state index in [2.05, 4.69) is 26.2 Å². The van der Waals surface area contributed by atoms with E-state index < -0.39 is 5.63 Å². The van der Waals surface area contributed by atoms with E-state index in [0.29, 0.717) is 11.3 Å². The lowest BCUT2D eigenvalue weighted by molar-refractivity contribution is -0.114. The molecule has 2 aromatic heterocycles. The van der Waals surface area contributed by atoms with E-state index in [0.717, 1.165) is 4.47 Å². The Morgan fingerprint density at radius 2 is 2.17 bits per heavy atom. The maximum Gasteiger partial charge on any atom is 0.360 e. The zero-order chi connectivity index (χ0) is 13.1. The van der Waals surface area contributed by atoms with Crippen molar-refractivity contribution in [3.05, 3.63) is 45.5 Å². The molecule has 0 saturated heterocycles. The van der Waals surface area contributed by atoms with Gasteiger partial charge in [-0.1, -0.05) is 0 Å². The Balaban J connectivity index is 2.40. The summed E-state index contributed by atoms with van der Waals surface area (Å²) in [6.45, 7) is 1.32. The number of carbonyl (C=O) groups excluding carboxylic acids is 1. The fourth-order valence-electron chi connectivity index (χ4n) is 1.40. The van der Waals surface area contributed by atoms with Gasteiger partial charge in [-0.3, -0.25) is 9.78 Å². The Kier molecular flexibility index (Phi) is 3.57. The molecule has 0 aromatic carbocycles. The van der Waals surface area contributed by atoms with Crippen LogP contribution in [0.1, 0.15) is 6.92 Å². The number of nitrogens with zero attached hydrogens (tertiary/aromatic N) is 1. The van der Waals surface area contributed by atoms with Gasteiger partial charge >= 0.3 is 5.63 Å². The number of anilines is 1. The molecule has 18 heavy (non-hydrogen) atoms. The fourth-order valence-corrected chi connectivity index (χ4v) is 1.76. The van der Waals surface area contributed by atoms with Crippen LogP contribution >= 0.6 is 15.9 Å². The van der Waals surface area contributed by atoms with Crippen LogP contribution in [0.4, 0.5) is 5.69 Å². The summed E-state index contributed by atoms with van der Waals surface area (Å²) in [5, 5.41) is 2.39. The first-order valence-electron chi connectivity index (χ1n) is 5.09. The number of hydrogen-bond donors (Lipinski definition) is 1. The minimum atomic E-state index is -0.595. The largest absolute Gasteiger partial charge is 0.421 e. The van der Waals surface area contributed by atoms with Crippen molar-refractivity contribution in [3.8, 4) is 11.3 Å². The number of aromatic nitrogens is 1. The summed E-state index contributed by atoms with van der Waals surface area (Å²) in [5.74, 6) is 0.0714. The molecule has 2 heterocycles. The molecule has 1 amide bonds. The molecule has 1 N–H and O–H groups in total. The topological polar surface area (TPSA) is 72.2 Å². The van der Waals surface area contributed by atoms with Gasteiger partial charge in [0, 0.05) is 29.4 Å². The van der Waals surface area contributed by atoms with E-state index in [1.165, 1.54) is 13.0 Å². The average molecular weight is 309 g/mol. The van der Waals surface area contributed by atoms with Gasteiger partial charge in [-0.25, -0.2) is 4.79 Å². The van der Waals surface area contributed by atoms with E-state index in [9.17, 15) is 9.59 Å². The SMILES string of the molecule is CC(=O)Nc1ccc(-c2cncc(Br)c2)oc1=O. The van der Waals surface area contributed by atoms with Gasteiger partial charge < -0.3 is 9.73 Å². The van der Waals surface area contributed by atoms with E-state index in [1.807, 2.05) is 0 Å². The molecule has 0 bridgehead atoms. The summed E-state index contributed by atoms with van der Waals surface area (Å²) < 4.78 is 5.90. The summed E-state index contributed by atoms with van der Waals surface area (Å²) in [6.07, 6.45) is 3.22. The van der Waals surface area contributed by atoms with E-state index in [1.54, 1.807) is 24.5 Å². The van der Waals surface area contributed by atoms with Crippen molar-refractivity contribution < 1.29 is 9.21 Å². The predicted molar refractivity (Wildman–Crippen MR) is 70.2 cm³/mol. The van der Waals surface area contributed by atoms with E-state index in [4.69, 9.17) is 4.42 Å². The third kappa shape index (κ3) is 2.84. The van der Waals surface area contributed by atoms with Crippen LogP contribution in [0.15, 0.2) is 44.3 Å². The highest BCUT2D eigenvalue weighted by molar-refractivity contribution is 9.10. The Labute approximate surface area is 111 Å². The third-order valence-corrected chi connectivity index (χ3v) is 2.56. The van der Waals surface area contributed by atoms with Crippen LogP contribution in [0.25, 0.3) is 11.3 Å². The fraction of sp³-hybridized carbons (Fsp3) is 0.0833. The highest BCUT2D eigenvalue weighted by Gasteiger charge is 2.07. The summed E-state index contributed by atoms with van der Waals surface area (Å²) in [6, 6.07) is 4.89. The van der Waals surface area contributed by atoms with Gasteiger partial charge in [-0.15, -0.1) is 0 Å². The lowest BCUT2D eigenvalue weighted by Gasteiger charge is -2.03. The molecule has 0 radical (unpaired) electrons. The smallest absolute Gasteiger partial charge is 0.360 e. The molecule has 5 nitrogen and oxygen atoms in total. The molecule has 2 rings (SSSR count). The number of carbonyl (C=O) groups is 1. The molecule has 0 aliphatic carbocycles. The first kappa shape index (κ1) is 12.5. The van der Waals surface area contributed by atoms with Crippen LogP contribution in [0, 0.1) is 0 Å². The van der Waals surface area contributed by atoms with Crippen molar-refractivity contribution in [2.75, 3.05) is 5.32 Å². The molecule has 0 fully saturated rings. The lowest BCUT2D eigenvalue weighted by Crippen LogP contribution is -2.14. The second-order valence-corrected chi connectivity index (χ2v) is 4.49. The Hall–Kier alpha value is -1.95. The van der Waals surface area contributed by atoms with Gasteiger partial charge in [0.1, 0.15) is 11.4 Å². The molecule has 92 valence electrons. The average Bonchev–Trinajstić information content (AvgIpc) is 2.31. The molecule has 6 heteroatoms. The zero-order valence-electron chi connectivity index (χ0n) is 9.44. The van der Waals surface area contributed by atoms with E-state index >= 15 is 0 Å². The van der Waals surface area contributed by atoms with Gasteiger partial charge in [0.05, 0.1) is 0 Å². The lowest BCUT2D eigenvalue weighted by atomic mass is 10.2. The summed E-state index contributed by atoms with van der Waals surface area (Å²) >= 11 is 3.29. The number of rotatable bonds is 2. The minimum absolute atomic E-state index is 0.120. The van der Waals surface area contributed by atoms with Crippen molar-refractivity contribution >= 4 is 27.5 Å². The molecule has 0 aliphatic rings. The Morgan fingerprint density at radius 3 is 2.78 bits per heavy atom. The summed E-state index contributed by atoms with van der Waals surface area (Å²) in [5.41, 5.74) is 0.202. The first-order chi connectivity index (χ1) is 8.56. The van der Waals surface area contributed by atoms with Crippen LogP contribution in [-0.2, 0) is 4.79 Å². The maximum atomic E-state index is 11.6. The minimum Gasteiger partial charge on any atom is -0.421 e. The van der Waals surface area contributed by atoms with Crippen molar-refractivity contribution in [1.29, 1.82) is 0 Å². The first-order valence-corrected chi connectivity index (χ1v) is 5.88. The zero-order valence-corrected chi connectivity index (χ0v) is 11.0. The van der Waals surface area contributed by atoms with Crippen molar-refractivity contribution in [2.45, 2.75) is 6.92 Å². The van der Waals surface area contributed by atoms with Gasteiger partial charge in [-0.2, -0.15) is 0 Å². The highest BCUT2D eigenvalue weighted by atomic mass is 79.9. The normalized spacial score (nSPS) is 10.1. The standard InChI is InChI=1S/C12H9BrN2O3/c1-7(16)15-10-2-3-11(18-12(10)17)8-4-9(13)6-14-5-8/h2-6H,1H3,(H,15,16). The molecular weight excluding hydrogens is 300 g/mol. The van der Waals surface area contributed by atoms with Gasteiger partial charge in [0.25, 0.3) is 0 Å². The molecule has 2 aromatic rings. The highest BCUT2D eigenvalue weighted by Crippen LogP contribution is 2.21. The Morgan fingerprint density at radius 1 is 1.39 bits per heavy atom. The van der Waals surface area contributed by atoms with Gasteiger partial charge in [-0.05, 0) is 34.1 Å². The summed E-state index contributed by atoms with van der Waals surface area (Å²) in [4.78, 5) is 26.5. The quantitative estimate of drug-likeness (QED) is 0.924. The number of nitrogens with one attached hydrogen (secondary N) is 1. The van der Waals surface area contributed by atoms with Crippen LogP contribution in [0.3, 0.4) is 0 Å². The molecule has 0 unspecified atom stereocenters. The van der Waals surface area contributed by atoms with Crippen LogP contribution in [-0.4, -0.2) is 10.9 Å². The van der Waals surface area contributed by atoms with Crippen molar-refractivity contribution in [1.82, 2.24) is 4.98 Å². The monoisotopic (exact) mass is 308 g/mol. The number of pyridine rings is 1. The van der Waals surface area contributed by atoms with Gasteiger partial charge in [0.15, 0.2) is 0 Å².